The Balaban J connectivity index is 1.88. The molecule has 7 heteroatoms. The first kappa shape index (κ1) is 22.8. The van der Waals surface area contributed by atoms with E-state index in [0.29, 0.717) is 31.4 Å². The second-order valence-electron chi connectivity index (χ2n) is 6.71. The van der Waals surface area contributed by atoms with Crippen molar-refractivity contribution in [2.75, 3.05) is 34.4 Å². The summed E-state index contributed by atoms with van der Waals surface area (Å²) in [4.78, 5) is 17.4. The molecule has 2 aromatic carbocycles. The van der Waals surface area contributed by atoms with Gasteiger partial charge in [-0.25, -0.2) is 0 Å². The van der Waals surface area contributed by atoms with Gasteiger partial charge in [0, 0.05) is 39.8 Å². The zero-order valence-electron chi connectivity index (χ0n) is 17.9. The molecular weight excluding hydrogens is 380 g/mol. The largest absolute Gasteiger partial charge is 0.489 e. The summed E-state index contributed by atoms with van der Waals surface area (Å²) in [6.45, 7) is 5.29. The van der Waals surface area contributed by atoms with Crippen molar-refractivity contribution in [3.8, 4) is 11.5 Å². The molecule has 0 spiro atoms. The number of likely N-dealkylation sites (N-methyl/N-ethyl adjacent to an activating group) is 1. The Bertz CT molecular complexity index is 865. The quantitative estimate of drug-likeness (QED) is 0.358. The van der Waals surface area contributed by atoms with Crippen LogP contribution in [0.5, 0.6) is 11.5 Å². The molecule has 2 aromatic rings. The van der Waals surface area contributed by atoms with Crippen LogP contribution >= 0.6 is 0 Å². The average Bonchev–Trinajstić information content (AvgIpc) is 2.77. The Morgan fingerprint density at radius 3 is 2.60 bits per heavy atom. The highest BCUT2D eigenvalue weighted by Crippen LogP contribution is 2.17. The van der Waals surface area contributed by atoms with Crippen LogP contribution in [0.3, 0.4) is 0 Å². The third-order valence-electron chi connectivity index (χ3n) is 4.22. The van der Waals surface area contributed by atoms with E-state index < -0.39 is 0 Å². The van der Waals surface area contributed by atoms with Crippen molar-refractivity contribution >= 4 is 11.9 Å². The summed E-state index contributed by atoms with van der Waals surface area (Å²) in [6.07, 6.45) is 1.72. The zero-order valence-corrected chi connectivity index (χ0v) is 17.9. The van der Waals surface area contributed by atoms with Crippen molar-refractivity contribution in [2.24, 2.45) is 4.99 Å². The van der Waals surface area contributed by atoms with Crippen molar-refractivity contribution in [2.45, 2.75) is 13.1 Å². The second kappa shape index (κ2) is 12.2. The van der Waals surface area contributed by atoms with Gasteiger partial charge in [-0.2, -0.15) is 0 Å². The minimum atomic E-state index is -0.0829. The summed E-state index contributed by atoms with van der Waals surface area (Å²) in [5.74, 6) is 2.06. The maximum Gasteiger partial charge on any atom is 0.259 e. The fraction of sp³-hybridized carbons (Fsp3) is 0.304. The molecule has 0 fully saturated rings. The molecule has 1 amide bonds. The Kier molecular flexibility index (Phi) is 9.24. The van der Waals surface area contributed by atoms with Crippen LogP contribution in [-0.2, 0) is 17.9 Å². The van der Waals surface area contributed by atoms with Crippen LogP contribution in [0.2, 0.25) is 0 Å². The average molecular weight is 411 g/mol. The molecular formula is C23H30N4O3. The summed E-state index contributed by atoms with van der Waals surface area (Å²) in [5, 5.41) is 6.57. The summed E-state index contributed by atoms with van der Waals surface area (Å²) in [7, 11) is 5.13. The maximum absolute atomic E-state index is 11.7. The van der Waals surface area contributed by atoms with Crippen molar-refractivity contribution in [3.63, 3.8) is 0 Å². The summed E-state index contributed by atoms with van der Waals surface area (Å²) < 4.78 is 11.3. The number of nitrogens with zero attached hydrogens (tertiary/aromatic N) is 2. The van der Waals surface area contributed by atoms with E-state index in [9.17, 15) is 4.79 Å². The monoisotopic (exact) mass is 410 g/mol. The van der Waals surface area contributed by atoms with E-state index in [-0.39, 0.29) is 12.5 Å². The van der Waals surface area contributed by atoms with Crippen molar-refractivity contribution < 1.29 is 14.3 Å². The lowest BCUT2D eigenvalue weighted by atomic mass is 10.2. The highest BCUT2D eigenvalue weighted by Gasteiger charge is 2.07. The van der Waals surface area contributed by atoms with Crippen molar-refractivity contribution in [1.82, 2.24) is 15.5 Å². The number of carbonyl (C=O) groups is 1. The van der Waals surface area contributed by atoms with Gasteiger partial charge < -0.3 is 25.0 Å². The standard InChI is InChI=1S/C23H30N4O3/c1-5-13-29-21-12-7-6-10-19(21)16-26-23(24-2)25-15-18-9-8-11-20(14-18)30-17-22(28)27(3)4/h5-12,14H,1,13,15-17H2,2-4H3,(H2,24,25,26). The Morgan fingerprint density at radius 2 is 1.87 bits per heavy atom. The van der Waals surface area contributed by atoms with Gasteiger partial charge in [-0.1, -0.05) is 43.0 Å². The number of para-hydroxylation sites is 1. The molecule has 0 radical (unpaired) electrons. The van der Waals surface area contributed by atoms with E-state index in [1.165, 1.54) is 4.90 Å². The molecule has 160 valence electrons. The lowest BCUT2D eigenvalue weighted by Gasteiger charge is -2.15. The normalized spacial score (nSPS) is 10.8. The molecule has 0 saturated carbocycles. The Hall–Kier alpha value is -3.48. The van der Waals surface area contributed by atoms with Gasteiger partial charge >= 0.3 is 0 Å². The van der Waals surface area contributed by atoms with Crippen LogP contribution in [-0.4, -0.2) is 51.1 Å². The van der Waals surface area contributed by atoms with Crippen molar-refractivity contribution in [3.05, 3.63) is 72.3 Å². The molecule has 30 heavy (non-hydrogen) atoms. The van der Waals surface area contributed by atoms with Gasteiger partial charge in [0.2, 0.25) is 0 Å². The number of guanidine groups is 1. The van der Waals surface area contributed by atoms with Crippen LogP contribution < -0.4 is 20.1 Å². The molecule has 0 bridgehead atoms. The van der Waals surface area contributed by atoms with Crippen LogP contribution in [0.1, 0.15) is 11.1 Å². The van der Waals surface area contributed by atoms with Crippen LogP contribution in [0, 0.1) is 0 Å². The molecule has 0 aliphatic carbocycles. The van der Waals surface area contributed by atoms with Gasteiger partial charge in [-0.15, -0.1) is 0 Å². The van der Waals surface area contributed by atoms with E-state index in [0.717, 1.165) is 16.9 Å². The molecule has 0 aromatic heterocycles. The van der Waals surface area contributed by atoms with Gasteiger partial charge in [0.1, 0.15) is 18.1 Å². The van der Waals surface area contributed by atoms with E-state index in [1.807, 2.05) is 48.5 Å². The van der Waals surface area contributed by atoms with Crippen molar-refractivity contribution in [1.29, 1.82) is 0 Å². The minimum Gasteiger partial charge on any atom is -0.489 e. The van der Waals surface area contributed by atoms with Gasteiger partial charge in [0.15, 0.2) is 12.6 Å². The predicted octanol–water partition coefficient (Wildman–Crippen LogP) is 2.58. The number of carbonyl (C=O) groups excluding carboxylic acids is 1. The number of hydrogen-bond acceptors (Lipinski definition) is 4. The number of amides is 1. The number of aliphatic imine (C=N–C) groups is 1. The first-order chi connectivity index (χ1) is 14.5. The SMILES string of the molecule is C=CCOc1ccccc1CNC(=NC)NCc1cccc(OCC(=O)N(C)C)c1. The lowest BCUT2D eigenvalue weighted by Crippen LogP contribution is -2.36. The number of hydrogen-bond donors (Lipinski definition) is 2. The second-order valence-corrected chi connectivity index (χ2v) is 6.71. The Morgan fingerprint density at radius 1 is 1.10 bits per heavy atom. The number of nitrogens with one attached hydrogen (secondary N) is 2. The lowest BCUT2D eigenvalue weighted by molar-refractivity contribution is -0.130. The summed E-state index contributed by atoms with van der Waals surface area (Å²) in [6, 6.07) is 15.5. The van der Waals surface area contributed by atoms with Gasteiger partial charge in [-0.05, 0) is 23.8 Å². The molecule has 0 atom stereocenters. The molecule has 0 saturated heterocycles. The third-order valence-corrected chi connectivity index (χ3v) is 4.22. The highest BCUT2D eigenvalue weighted by atomic mass is 16.5. The van der Waals surface area contributed by atoms with Gasteiger partial charge in [-0.3, -0.25) is 9.79 Å². The topological polar surface area (TPSA) is 75.2 Å². The van der Waals surface area contributed by atoms with Gasteiger partial charge in [0.05, 0.1) is 0 Å². The minimum absolute atomic E-state index is 0.0143. The number of ether oxygens (including phenoxy) is 2. The molecule has 0 unspecified atom stereocenters. The molecule has 0 aliphatic rings. The first-order valence-corrected chi connectivity index (χ1v) is 9.71. The number of benzene rings is 2. The van der Waals surface area contributed by atoms with Crippen LogP contribution in [0.25, 0.3) is 0 Å². The zero-order chi connectivity index (χ0) is 21.8. The maximum atomic E-state index is 11.7. The predicted molar refractivity (Wildman–Crippen MR) is 120 cm³/mol. The summed E-state index contributed by atoms with van der Waals surface area (Å²) >= 11 is 0. The third kappa shape index (κ3) is 7.50. The van der Waals surface area contributed by atoms with Crippen LogP contribution in [0.4, 0.5) is 0 Å². The molecule has 0 aliphatic heterocycles. The first-order valence-electron chi connectivity index (χ1n) is 9.71. The Labute approximate surface area is 178 Å². The fourth-order valence-electron chi connectivity index (χ4n) is 2.54. The molecule has 0 heterocycles. The van der Waals surface area contributed by atoms with E-state index in [1.54, 1.807) is 27.2 Å². The van der Waals surface area contributed by atoms with E-state index in [2.05, 4.69) is 22.2 Å². The number of rotatable bonds is 10. The molecule has 2 rings (SSSR count). The molecule has 7 nitrogen and oxygen atoms in total. The molecule has 2 N–H and O–H groups in total. The van der Waals surface area contributed by atoms with Gasteiger partial charge in [0.25, 0.3) is 5.91 Å². The summed E-state index contributed by atoms with van der Waals surface area (Å²) in [5.41, 5.74) is 2.05. The van der Waals surface area contributed by atoms with E-state index >= 15 is 0 Å². The van der Waals surface area contributed by atoms with E-state index in [4.69, 9.17) is 9.47 Å². The highest BCUT2D eigenvalue weighted by molar-refractivity contribution is 5.79. The fourth-order valence-corrected chi connectivity index (χ4v) is 2.54. The van der Waals surface area contributed by atoms with Crippen LogP contribution in [0.15, 0.2) is 66.2 Å². The smallest absolute Gasteiger partial charge is 0.259 e.